The van der Waals surface area contributed by atoms with Gasteiger partial charge in [0.05, 0.1) is 13.2 Å². The monoisotopic (exact) mass is 445 g/mol. The Morgan fingerprint density at radius 2 is 1.88 bits per heavy atom. The minimum atomic E-state index is -0.0316. The van der Waals surface area contributed by atoms with Crippen LogP contribution in [0.2, 0.25) is 0 Å². The molecule has 2 heterocycles. The van der Waals surface area contributed by atoms with E-state index in [1.165, 1.54) is 45.2 Å². The molecule has 1 N–H and O–H groups in total. The summed E-state index contributed by atoms with van der Waals surface area (Å²) in [5.41, 5.74) is 1.11. The van der Waals surface area contributed by atoms with Crippen molar-refractivity contribution >= 4 is 6.03 Å². The lowest BCUT2D eigenvalue weighted by Gasteiger charge is -2.45. The van der Waals surface area contributed by atoms with Crippen molar-refractivity contribution in [3.05, 3.63) is 29.8 Å². The number of nitrogens with one attached hydrogen (secondary N) is 1. The molecule has 0 aliphatic carbocycles. The maximum atomic E-state index is 13.5. The van der Waals surface area contributed by atoms with Crippen molar-refractivity contribution in [1.82, 2.24) is 15.1 Å². The average Bonchev–Trinajstić information content (AvgIpc) is 2.82. The Kier molecular flexibility index (Phi) is 9.67. The van der Waals surface area contributed by atoms with Crippen LogP contribution < -0.4 is 10.1 Å². The molecular weight excluding hydrogens is 402 g/mol. The first-order chi connectivity index (χ1) is 15.5. The number of carbonyl (C=O) groups is 1. The van der Waals surface area contributed by atoms with E-state index in [0.717, 1.165) is 30.8 Å². The molecule has 3 atom stereocenters. The molecule has 6 nitrogen and oxygen atoms in total. The average molecular weight is 446 g/mol. The van der Waals surface area contributed by atoms with Gasteiger partial charge in [-0.3, -0.25) is 0 Å². The topological polar surface area (TPSA) is 54.0 Å². The zero-order valence-corrected chi connectivity index (χ0v) is 20.5. The first-order valence-electron chi connectivity index (χ1n) is 12.5. The number of fused-ring (bicyclic) bond motifs is 1. The van der Waals surface area contributed by atoms with Crippen molar-refractivity contribution < 1.29 is 14.3 Å². The summed E-state index contributed by atoms with van der Waals surface area (Å²) in [6, 6.07) is 8.69. The Morgan fingerprint density at radius 1 is 1.12 bits per heavy atom. The number of rotatable bonds is 10. The van der Waals surface area contributed by atoms with E-state index in [0.29, 0.717) is 18.6 Å². The van der Waals surface area contributed by atoms with Crippen molar-refractivity contribution in [2.45, 2.75) is 64.5 Å². The molecule has 3 rings (SSSR count). The van der Waals surface area contributed by atoms with E-state index in [-0.39, 0.29) is 18.0 Å². The standard InChI is InChI=1S/C26H43N3O3/c1-20(2)25(21-11-13-23(32-4)14-12-21)27-26(30)29(17-8-18-31-3)19-22-9-7-16-28-15-6-5-10-24(22)28/h11-14,20,22,24-25H,5-10,15-19H2,1-4H3,(H,27,30)/t22-,24+,25+/m0/s1. The number of hydrogen-bond donors (Lipinski definition) is 1. The van der Waals surface area contributed by atoms with E-state index in [1.807, 2.05) is 12.1 Å². The summed E-state index contributed by atoms with van der Waals surface area (Å²) < 4.78 is 10.6. The summed E-state index contributed by atoms with van der Waals surface area (Å²) in [5.74, 6) is 1.69. The fraction of sp³-hybridized carbons (Fsp3) is 0.731. The van der Waals surface area contributed by atoms with Crippen LogP contribution in [0, 0.1) is 11.8 Å². The number of piperidine rings is 2. The summed E-state index contributed by atoms with van der Waals surface area (Å²) in [6.07, 6.45) is 7.24. The van der Waals surface area contributed by atoms with Crippen LogP contribution >= 0.6 is 0 Å². The van der Waals surface area contributed by atoms with Gasteiger partial charge in [-0.1, -0.05) is 32.4 Å². The Hall–Kier alpha value is -1.79. The van der Waals surface area contributed by atoms with E-state index in [2.05, 4.69) is 41.1 Å². The van der Waals surface area contributed by atoms with Gasteiger partial charge in [-0.05, 0) is 74.7 Å². The molecule has 6 heteroatoms. The van der Waals surface area contributed by atoms with Gasteiger partial charge in [0, 0.05) is 32.8 Å². The molecule has 2 aliphatic rings. The lowest BCUT2D eigenvalue weighted by molar-refractivity contribution is 0.0442. The number of carbonyl (C=O) groups excluding carboxylic acids is 1. The molecule has 0 radical (unpaired) electrons. The van der Waals surface area contributed by atoms with E-state index in [9.17, 15) is 4.79 Å². The second-order valence-electron chi connectivity index (χ2n) is 9.74. The summed E-state index contributed by atoms with van der Waals surface area (Å²) in [5, 5.41) is 3.35. The lowest BCUT2D eigenvalue weighted by atomic mass is 9.83. The second-order valence-corrected chi connectivity index (χ2v) is 9.74. The van der Waals surface area contributed by atoms with Crippen LogP contribution in [0.15, 0.2) is 24.3 Å². The highest BCUT2D eigenvalue weighted by molar-refractivity contribution is 5.74. The van der Waals surface area contributed by atoms with Crippen LogP contribution in [0.5, 0.6) is 5.75 Å². The zero-order chi connectivity index (χ0) is 22.9. The third-order valence-electron chi connectivity index (χ3n) is 7.17. The Bertz CT molecular complexity index is 692. The first kappa shape index (κ1) is 24.8. The number of nitrogens with zero attached hydrogens (tertiary/aromatic N) is 2. The van der Waals surface area contributed by atoms with Gasteiger partial charge in [-0.15, -0.1) is 0 Å². The maximum absolute atomic E-state index is 13.5. The summed E-state index contributed by atoms with van der Waals surface area (Å²) in [7, 11) is 3.40. The third kappa shape index (κ3) is 6.61. The fourth-order valence-corrected chi connectivity index (χ4v) is 5.42. The van der Waals surface area contributed by atoms with Gasteiger partial charge >= 0.3 is 6.03 Å². The summed E-state index contributed by atoms with van der Waals surface area (Å²) >= 11 is 0. The van der Waals surface area contributed by atoms with Crippen molar-refractivity contribution in [3.63, 3.8) is 0 Å². The van der Waals surface area contributed by atoms with E-state index >= 15 is 0 Å². The van der Waals surface area contributed by atoms with Crippen LogP contribution in [0.1, 0.15) is 64.0 Å². The van der Waals surface area contributed by atoms with Gasteiger partial charge in [0.2, 0.25) is 0 Å². The molecule has 2 saturated heterocycles. The lowest BCUT2D eigenvalue weighted by Crippen LogP contribution is -2.53. The molecule has 2 aliphatic heterocycles. The molecule has 0 saturated carbocycles. The summed E-state index contributed by atoms with van der Waals surface area (Å²) in [4.78, 5) is 18.3. The highest BCUT2D eigenvalue weighted by atomic mass is 16.5. The van der Waals surface area contributed by atoms with Gasteiger partial charge in [-0.2, -0.15) is 0 Å². The van der Waals surface area contributed by atoms with Gasteiger partial charge < -0.3 is 24.6 Å². The Labute approximate surface area is 194 Å². The molecule has 0 spiro atoms. The number of methoxy groups -OCH3 is 2. The highest BCUT2D eigenvalue weighted by Crippen LogP contribution is 2.32. The Morgan fingerprint density at radius 3 is 2.56 bits per heavy atom. The molecule has 1 aromatic carbocycles. The van der Waals surface area contributed by atoms with Gasteiger partial charge in [0.1, 0.15) is 5.75 Å². The molecule has 32 heavy (non-hydrogen) atoms. The molecule has 0 unspecified atom stereocenters. The molecule has 0 aromatic heterocycles. The number of ether oxygens (including phenoxy) is 2. The normalized spacial score (nSPS) is 22.3. The van der Waals surface area contributed by atoms with E-state index in [4.69, 9.17) is 9.47 Å². The number of benzene rings is 1. The number of urea groups is 1. The van der Waals surface area contributed by atoms with E-state index in [1.54, 1.807) is 14.2 Å². The zero-order valence-electron chi connectivity index (χ0n) is 20.5. The SMILES string of the molecule is COCCCN(C[C@@H]1CCCN2CCCC[C@H]12)C(=O)N[C@@H](c1ccc(OC)cc1)C(C)C. The Balaban J connectivity index is 1.70. The quantitative estimate of drug-likeness (QED) is 0.530. The molecule has 0 bridgehead atoms. The molecule has 180 valence electrons. The largest absolute Gasteiger partial charge is 0.497 e. The van der Waals surface area contributed by atoms with Crippen LogP contribution in [-0.2, 0) is 4.74 Å². The third-order valence-corrected chi connectivity index (χ3v) is 7.17. The second kappa shape index (κ2) is 12.4. The fourth-order valence-electron chi connectivity index (χ4n) is 5.42. The molecule has 2 amide bonds. The van der Waals surface area contributed by atoms with Gasteiger partial charge in [0.15, 0.2) is 0 Å². The van der Waals surface area contributed by atoms with Crippen molar-refractivity contribution in [2.24, 2.45) is 11.8 Å². The van der Waals surface area contributed by atoms with E-state index < -0.39 is 0 Å². The van der Waals surface area contributed by atoms with Crippen molar-refractivity contribution in [3.8, 4) is 5.75 Å². The predicted molar refractivity (Wildman–Crippen MR) is 129 cm³/mol. The number of hydrogen-bond acceptors (Lipinski definition) is 4. The van der Waals surface area contributed by atoms with Gasteiger partial charge in [0.25, 0.3) is 0 Å². The first-order valence-corrected chi connectivity index (χ1v) is 12.5. The van der Waals surface area contributed by atoms with Gasteiger partial charge in [-0.25, -0.2) is 4.79 Å². The number of amides is 2. The maximum Gasteiger partial charge on any atom is 0.317 e. The smallest absolute Gasteiger partial charge is 0.317 e. The minimum Gasteiger partial charge on any atom is -0.497 e. The summed E-state index contributed by atoms with van der Waals surface area (Å²) in [6.45, 7) is 9.02. The van der Waals surface area contributed by atoms with Crippen molar-refractivity contribution in [2.75, 3.05) is 47.0 Å². The molecule has 2 fully saturated rings. The van der Waals surface area contributed by atoms with Crippen molar-refractivity contribution in [1.29, 1.82) is 0 Å². The highest BCUT2D eigenvalue weighted by Gasteiger charge is 2.35. The van der Waals surface area contributed by atoms with Crippen LogP contribution in [0.3, 0.4) is 0 Å². The van der Waals surface area contributed by atoms with Crippen LogP contribution in [0.25, 0.3) is 0 Å². The predicted octanol–water partition coefficient (Wildman–Crippen LogP) is 4.70. The van der Waals surface area contributed by atoms with Crippen LogP contribution in [0.4, 0.5) is 4.79 Å². The van der Waals surface area contributed by atoms with Crippen LogP contribution in [-0.4, -0.2) is 68.9 Å². The molecule has 1 aromatic rings. The molecular formula is C26H43N3O3. The minimum absolute atomic E-state index is 0.0316.